The second kappa shape index (κ2) is 11.2. The summed E-state index contributed by atoms with van der Waals surface area (Å²) in [5.41, 5.74) is 8.08. The predicted molar refractivity (Wildman–Crippen MR) is 115 cm³/mol. The van der Waals surface area contributed by atoms with Gasteiger partial charge < -0.3 is 16.0 Å². The van der Waals surface area contributed by atoms with E-state index in [9.17, 15) is 14.4 Å². The van der Waals surface area contributed by atoms with E-state index in [0.29, 0.717) is 18.5 Å². The molecule has 0 aromatic heterocycles. The Morgan fingerprint density at radius 3 is 2.52 bits per heavy atom. The van der Waals surface area contributed by atoms with Gasteiger partial charge in [-0.15, -0.1) is 12.4 Å². The topological polar surface area (TPSA) is 105 Å². The van der Waals surface area contributed by atoms with Crippen molar-refractivity contribution in [2.75, 3.05) is 18.4 Å². The Bertz CT molecular complexity index is 741. The van der Waals surface area contributed by atoms with Gasteiger partial charge in [0, 0.05) is 30.8 Å². The van der Waals surface area contributed by atoms with Crippen molar-refractivity contribution in [2.45, 2.75) is 64.0 Å². The van der Waals surface area contributed by atoms with Gasteiger partial charge in [0.05, 0.1) is 0 Å². The van der Waals surface area contributed by atoms with E-state index >= 15 is 0 Å². The molecule has 1 atom stereocenters. The predicted octanol–water partition coefficient (Wildman–Crippen LogP) is 2.58. The number of nitrogens with zero attached hydrogens (tertiary/aromatic N) is 1. The number of piperidine rings is 1. The summed E-state index contributed by atoms with van der Waals surface area (Å²) >= 11 is 0. The summed E-state index contributed by atoms with van der Waals surface area (Å²) in [6.07, 6.45) is 7.78. The summed E-state index contributed by atoms with van der Waals surface area (Å²) in [6.45, 7) is 2.10. The summed E-state index contributed by atoms with van der Waals surface area (Å²) in [5.74, 6) is -0.771. The van der Waals surface area contributed by atoms with Crippen molar-refractivity contribution in [3.05, 3.63) is 29.3 Å². The second-order valence-electron chi connectivity index (χ2n) is 7.61. The molecule has 160 valence electrons. The Morgan fingerprint density at radius 1 is 1.07 bits per heavy atom. The molecule has 8 heteroatoms. The third kappa shape index (κ3) is 5.93. The van der Waals surface area contributed by atoms with E-state index in [1.54, 1.807) is 4.90 Å². The minimum atomic E-state index is -0.562. The van der Waals surface area contributed by atoms with Gasteiger partial charge in [0.2, 0.25) is 11.8 Å². The van der Waals surface area contributed by atoms with Crippen molar-refractivity contribution in [3.63, 3.8) is 0 Å². The third-order valence-electron chi connectivity index (χ3n) is 5.48. The lowest BCUT2D eigenvalue weighted by molar-refractivity contribution is -0.136. The number of imide groups is 1. The highest BCUT2D eigenvalue weighted by molar-refractivity contribution is 6.05. The average Bonchev–Trinajstić information content (AvgIpc) is 3.00. The number of amides is 3. The number of anilines is 1. The number of nitrogens with one attached hydrogen (secondary N) is 2. The largest absolute Gasteiger partial charge is 0.385 e. The van der Waals surface area contributed by atoms with Gasteiger partial charge in [-0.25, -0.2) is 0 Å². The third-order valence-corrected chi connectivity index (χ3v) is 5.48. The van der Waals surface area contributed by atoms with Crippen LogP contribution in [0.2, 0.25) is 0 Å². The lowest BCUT2D eigenvalue weighted by Gasteiger charge is -2.29. The smallest absolute Gasteiger partial charge is 0.255 e. The van der Waals surface area contributed by atoms with Crippen LogP contribution in [0, 0.1) is 0 Å². The van der Waals surface area contributed by atoms with Crippen LogP contribution in [0.25, 0.3) is 0 Å². The zero-order valence-electron chi connectivity index (χ0n) is 16.7. The number of fused-ring (bicyclic) bond motifs is 1. The number of unbranched alkanes of at least 4 members (excludes halogenated alkanes) is 5. The van der Waals surface area contributed by atoms with Crippen LogP contribution in [-0.4, -0.2) is 41.8 Å². The molecule has 2 aliphatic rings. The summed E-state index contributed by atoms with van der Waals surface area (Å²) in [5, 5.41) is 5.76. The van der Waals surface area contributed by atoms with E-state index in [0.717, 1.165) is 37.2 Å². The SMILES string of the molecule is Cl.NCCCCCCCCNc1ccc2c(c1)CN(C1CCC(=O)NC1=O)C2=O. The van der Waals surface area contributed by atoms with Crippen molar-refractivity contribution in [1.29, 1.82) is 0 Å². The average molecular weight is 423 g/mol. The van der Waals surface area contributed by atoms with Crippen molar-refractivity contribution in [2.24, 2.45) is 5.73 Å². The maximum atomic E-state index is 12.7. The molecule has 2 heterocycles. The number of nitrogens with two attached hydrogens (primary N) is 1. The molecule has 1 aromatic carbocycles. The van der Waals surface area contributed by atoms with Crippen LogP contribution in [0.5, 0.6) is 0 Å². The van der Waals surface area contributed by atoms with Crippen LogP contribution < -0.4 is 16.4 Å². The standard InChI is InChI=1S/C21H30N4O3.ClH/c22-11-5-3-1-2-4-6-12-23-16-7-8-17-15(13-16)14-25(21(17)28)18-9-10-19(26)24-20(18)27;/h7-8,13,18,23H,1-6,9-12,14,22H2,(H,24,26,27);1H. The quantitative estimate of drug-likeness (QED) is 0.397. The summed E-state index contributed by atoms with van der Waals surface area (Å²) < 4.78 is 0. The monoisotopic (exact) mass is 422 g/mol. The van der Waals surface area contributed by atoms with Crippen LogP contribution in [0.4, 0.5) is 5.69 Å². The molecule has 4 N–H and O–H groups in total. The Balaban J connectivity index is 0.00000300. The molecule has 0 bridgehead atoms. The Morgan fingerprint density at radius 2 is 1.79 bits per heavy atom. The van der Waals surface area contributed by atoms with E-state index in [-0.39, 0.29) is 36.5 Å². The van der Waals surface area contributed by atoms with Crippen molar-refractivity contribution >= 4 is 35.8 Å². The molecular formula is C21H31ClN4O3. The number of halogens is 1. The number of carbonyl (C=O) groups excluding carboxylic acids is 3. The molecule has 2 aliphatic heterocycles. The van der Waals surface area contributed by atoms with E-state index in [1.807, 2.05) is 18.2 Å². The lowest BCUT2D eigenvalue weighted by Crippen LogP contribution is -2.52. The summed E-state index contributed by atoms with van der Waals surface area (Å²) in [6, 6.07) is 5.19. The second-order valence-corrected chi connectivity index (χ2v) is 7.61. The van der Waals surface area contributed by atoms with Crippen LogP contribution >= 0.6 is 12.4 Å². The van der Waals surface area contributed by atoms with Gasteiger partial charge in [-0.1, -0.05) is 25.7 Å². The normalized spacial score (nSPS) is 18.3. The van der Waals surface area contributed by atoms with Crippen LogP contribution in [0.15, 0.2) is 18.2 Å². The van der Waals surface area contributed by atoms with Gasteiger partial charge in [0.15, 0.2) is 0 Å². The molecule has 3 amide bonds. The van der Waals surface area contributed by atoms with Gasteiger partial charge >= 0.3 is 0 Å². The Kier molecular flexibility index (Phi) is 8.92. The maximum Gasteiger partial charge on any atom is 0.255 e. The highest BCUT2D eigenvalue weighted by Gasteiger charge is 2.38. The van der Waals surface area contributed by atoms with Crippen LogP contribution in [-0.2, 0) is 16.1 Å². The molecule has 3 rings (SSSR count). The van der Waals surface area contributed by atoms with E-state index in [4.69, 9.17) is 5.73 Å². The van der Waals surface area contributed by atoms with Crippen LogP contribution in [0.1, 0.15) is 67.3 Å². The number of hydrogen-bond donors (Lipinski definition) is 3. The number of rotatable bonds is 10. The highest BCUT2D eigenvalue weighted by atomic mass is 35.5. The van der Waals surface area contributed by atoms with Gasteiger partial charge in [0.25, 0.3) is 5.91 Å². The van der Waals surface area contributed by atoms with E-state index < -0.39 is 6.04 Å². The molecular weight excluding hydrogens is 392 g/mol. The fourth-order valence-corrected chi connectivity index (χ4v) is 3.89. The Hall–Kier alpha value is -2.12. The van der Waals surface area contributed by atoms with E-state index in [1.165, 1.54) is 25.7 Å². The van der Waals surface area contributed by atoms with Gasteiger partial charge in [-0.3, -0.25) is 19.7 Å². The van der Waals surface area contributed by atoms with Gasteiger partial charge in [-0.2, -0.15) is 0 Å². The fourth-order valence-electron chi connectivity index (χ4n) is 3.89. The molecule has 1 saturated heterocycles. The first-order valence-corrected chi connectivity index (χ1v) is 10.3. The highest BCUT2D eigenvalue weighted by Crippen LogP contribution is 2.29. The van der Waals surface area contributed by atoms with Gasteiger partial charge in [0.1, 0.15) is 6.04 Å². The summed E-state index contributed by atoms with van der Waals surface area (Å²) in [4.78, 5) is 37.7. The minimum Gasteiger partial charge on any atom is -0.385 e. The van der Waals surface area contributed by atoms with Crippen LogP contribution in [0.3, 0.4) is 0 Å². The Labute approximate surface area is 178 Å². The molecule has 7 nitrogen and oxygen atoms in total. The fraction of sp³-hybridized carbons (Fsp3) is 0.571. The zero-order chi connectivity index (χ0) is 19.9. The molecule has 0 aliphatic carbocycles. The molecule has 0 radical (unpaired) electrons. The number of benzene rings is 1. The van der Waals surface area contributed by atoms with E-state index in [2.05, 4.69) is 10.6 Å². The molecule has 1 aromatic rings. The minimum absolute atomic E-state index is 0. The molecule has 1 unspecified atom stereocenters. The molecule has 1 fully saturated rings. The van der Waals surface area contributed by atoms with Crippen molar-refractivity contribution in [3.8, 4) is 0 Å². The first-order valence-electron chi connectivity index (χ1n) is 10.3. The van der Waals surface area contributed by atoms with Gasteiger partial charge in [-0.05, 0) is 49.6 Å². The summed E-state index contributed by atoms with van der Waals surface area (Å²) in [7, 11) is 0. The van der Waals surface area contributed by atoms with Crippen molar-refractivity contribution < 1.29 is 14.4 Å². The number of carbonyl (C=O) groups is 3. The zero-order valence-corrected chi connectivity index (χ0v) is 17.6. The first-order chi connectivity index (χ1) is 13.6. The molecule has 29 heavy (non-hydrogen) atoms. The molecule has 0 saturated carbocycles. The molecule has 0 spiro atoms. The lowest BCUT2D eigenvalue weighted by atomic mass is 10.0. The first kappa shape index (κ1) is 23.2. The number of hydrogen-bond acceptors (Lipinski definition) is 5. The maximum absolute atomic E-state index is 12.7. The van der Waals surface area contributed by atoms with Crippen molar-refractivity contribution in [1.82, 2.24) is 10.2 Å².